The zero-order valence-corrected chi connectivity index (χ0v) is 11.8. The molecule has 0 aliphatic rings. The largest absolute Gasteiger partial charge is 0.507 e. The number of para-hydroxylation sites is 2. The summed E-state index contributed by atoms with van der Waals surface area (Å²) in [5.74, 6) is 0.390. The van der Waals surface area contributed by atoms with E-state index in [1.54, 1.807) is 48.8 Å². The Morgan fingerprint density at radius 1 is 0.857 bits per heavy atom. The molecule has 4 heteroatoms. The van der Waals surface area contributed by atoms with Gasteiger partial charge in [0.15, 0.2) is 0 Å². The van der Waals surface area contributed by atoms with Crippen LogP contribution in [0.1, 0.15) is 24.5 Å². The van der Waals surface area contributed by atoms with Crippen LogP contribution in [0, 0.1) is 0 Å². The lowest BCUT2D eigenvalue weighted by molar-refractivity contribution is 0.474. The zero-order chi connectivity index (χ0) is 15.1. The Morgan fingerprint density at radius 3 is 1.67 bits per heavy atom. The van der Waals surface area contributed by atoms with Crippen molar-refractivity contribution in [1.29, 1.82) is 0 Å². The molecule has 21 heavy (non-hydrogen) atoms. The van der Waals surface area contributed by atoms with Crippen LogP contribution in [0.25, 0.3) is 0 Å². The molecule has 2 N–H and O–H groups in total. The molecular formula is C17H18N2O2. The number of phenolic OH excluding ortho intramolecular Hbond substituents is 2. The smallest absolute Gasteiger partial charge is 0.139 e. The number of hydrogen-bond donors (Lipinski definition) is 2. The maximum atomic E-state index is 9.68. The Labute approximate surface area is 124 Å². The van der Waals surface area contributed by atoms with Crippen molar-refractivity contribution in [3.05, 3.63) is 59.7 Å². The lowest BCUT2D eigenvalue weighted by Crippen LogP contribution is -2.00. The first kappa shape index (κ1) is 14.8. The quantitative estimate of drug-likeness (QED) is 0.826. The van der Waals surface area contributed by atoms with Gasteiger partial charge in [0.05, 0.1) is 0 Å². The van der Waals surface area contributed by atoms with Crippen LogP contribution in [0.5, 0.6) is 11.5 Å². The topological polar surface area (TPSA) is 65.2 Å². The van der Waals surface area contributed by atoms with E-state index in [0.717, 1.165) is 6.42 Å². The molecule has 0 atom stereocenters. The van der Waals surface area contributed by atoms with Gasteiger partial charge in [0.25, 0.3) is 0 Å². The fourth-order valence-electron chi connectivity index (χ4n) is 1.78. The van der Waals surface area contributed by atoms with E-state index in [2.05, 4.69) is 9.98 Å². The van der Waals surface area contributed by atoms with E-state index in [4.69, 9.17) is 0 Å². The maximum absolute atomic E-state index is 9.68. The van der Waals surface area contributed by atoms with Crippen LogP contribution in [-0.2, 0) is 0 Å². The van der Waals surface area contributed by atoms with Crippen molar-refractivity contribution in [1.82, 2.24) is 0 Å². The summed E-state index contributed by atoms with van der Waals surface area (Å²) in [5, 5.41) is 19.4. The van der Waals surface area contributed by atoms with Gasteiger partial charge in [-0.05, 0) is 30.7 Å². The van der Waals surface area contributed by atoms with Crippen molar-refractivity contribution >= 4 is 12.4 Å². The fourth-order valence-corrected chi connectivity index (χ4v) is 1.78. The van der Waals surface area contributed by atoms with Crippen LogP contribution in [0.4, 0.5) is 0 Å². The third-order valence-electron chi connectivity index (χ3n) is 3.01. The molecule has 2 rings (SSSR count). The van der Waals surface area contributed by atoms with Gasteiger partial charge in [0, 0.05) is 23.6 Å². The first-order chi connectivity index (χ1) is 10.2. The number of aliphatic imine (C=N–C) groups is 2. The molecule has 4 nitrogen and oxygen atoms in total. The number of nitrogens with zero attached hydrogens (tertiary/aromatic N) is 2. The Hall–Kier alpha value is -2.62. The van der Waals surface area contributed by atoms with E-state index < -0.39 is 0 Å². The van der Waals surface area contributed by atoms with Crippen molar-refractivity contribution < 1.29 is 10.2 Å². The standard InChI is InChI=1S/C17H18N2O2/c1-2-17(18-11-13-7-3-5-9-15(13)20)19-12-14-8-4-6-10-16(14)21/h3-12,17,20-21H,2H2,1H3. The summed E-state index contributed by atoms with van der Waals surface area (Å²) in [6.45, 7) is 1.98. The van der Waals surface area contributed by atoms with Crippen LogP contribution in [0.3, 0.4) is 0 Å². The Kier molecular flexibility index (Phi) is 5.10. The number of hydrogen-bond acceptors (Lipinski definition) is 4. The summed E-state index contributed by atoms with van der Waals surface area (Å²) >= 11 is 0. The van der Waals surface area contributed by atoms with Gasteiger partial charge in [0.2, 0.25) is 0 Å². The molecule has 0 unspecified atom stereocenters. The van der Waals surface area contributed by atoms with Crippen molar-refractivity contribution in [2.24, 2.45) is 9.98 Å². The molecule has 0 bridgehead atoms. The second kappa shape index (κ2) is 7.24. The molecule has 0 heterocycles. The third kappa shape index (κ3) is 4.18. The SMILES string of the molecule is CCC(N=Cc1ccccc1O)N=Cc1ccccc1O. The zero-order valence-electron chi connectivity index (χ0n) is 11.8. The van der Waals surface area contributed by atoms with E-state index in [9.17, 15) is 10.2 Å². The summed E-state index contributed by atoms with van der Waals surface area (Å²) < 4.78 is 0. The highest BCUT2D eigenvalue weighted by molar-refractivity contribution is 5.84. The summed E-state index contributed by atoms with van der Waals surface area (Å²) in [4.78, 5) is 8.71. The molecule has 0 aliphatic heterocycles. The van der Waals surface area contributed by atoms with Gasteiger partial charge < -0.3 is 10.2 Å². The molecule has 0 saturated heterocycles. The monoisotopic (exact) mass is 282 g/mol. The molecule has 0 radical (unpaired) electrons. The van der Waals surface area contributed by atoms with E-state index >= 15 is 0 Å². The van der Waals surface area contributed by atoms with E-state index in [1.807, 2.05) is 19.1 Å². The van der Waals surface area contributed by atoms with Crippen molar-refractivity contribution in [3.63, 3.8) is 0 Å². The highest BCUT2D eigenvalue weighted by Gasteiger charge is 2.01. The van der Waals surface area contributed by atoms with Crippen LogP contribution >= 0.6 is 0 Å². The van der Waals surface area contributed by atoms with Gasteiger partial charge in [-0.1, -0.05) is 31.2 Å². The van der Waals surface area contributed by atoms with Gasteiger partial charge in [-0.25, -0.2) is 0 Å². The highest BCUT2D eigenvalue weighted by atomic mass is 16.3. The van der Waals surface area contributed by atoms with Crippen LogP contribution in [-0.4, -0.2) is 28.8 Å². The van der Waals surface area contributed by atoms with Gasteiger partial charge in [-0.15, -0.1) is 0 Å². The molecule has 0 fully saturated rings. The van der Waals surface area contributed by atoms with Gasteiger partial charge in [0.1, 0.15) is 17.7 Å². The third-order valence-corrected chi connectivity index (χ3v) is 3.01. The van der Waals surface area contributed by atoms with E-state index in [0.29, 0.717) is 11.1 Å². The molecule has 108 valence electrons. The average Bonchev–Trinajstić information content (AvgIpc) is 2.50. The lowest BCUT2D eigenvalue weighted by atomic mass is 10.2. The number of benzene rings is 2. The van der Waals surface area contributed by atoms with E-state index in [-0.39, 0.29) is 17.7 Å². The maximum Gasteiger partial charge on any atom is 0.139 e. The normalized spacial score (nSPS) is 13.0. The average molecular weight is 282 g/mol. The Morgan fingerprint density at radius 2 is 1.29 bits per heavy atom. The molecule has 0 amide bonds. The van der Waals surface area contributed by atoms with E-state index in [1.165, 1.54) is 0 Å². The minimum Gasteiger partial charge on any atom is -0.507 e. The minimum atomic E-state index is -0.246. The minimum absolute atomic E-state index is 0.195. The summed E-state index contributed by atoms with van der Waals surface area (Å²) in [6.07, 6.45) is 3.72. The van der Waals surface area contributed by atoms with Gasteiger partial charge >= 0.3 is 0 Å². The van der Waals surface area contributed by atoms with Gasteiger partial charge in [-0.3, -0.25) is 9.98 Å². The molecule has 0 saturated carbocycles. The van der Waals surface area contributed by atoms with Crippen molar-refractivity contribution in [2.75, 3.05) is 0 Å². The van der Waals surface area contributed by atoms with Crippen molar-refractivity contribution in [3.8, 4) is 11.5 Å². The second-order valence-electron chi connectivity index (χ2n) is 4.56. The molecular weight excluding hydrogens is 264 g/mol. The molecule has 0 aliphatic carbocycles. The van der Waals surface area contributed by atoms with Gasteiger partial charge in [-0.2, -0.15) is 0 Å². The number of rotatable bonds is 5. The summed E-state index contributed by atoms with van der Waals surface area (Å²) in [5.41, 5.74) is 1.32. The van der Waals surface area contributed by atoms with Crippen LogP contribution in [0.15, 0.2) is 58.5 Å². The Bertz CT molecular complexity index is 595. The number of phenols is 2. The molecule has 2 aromatic rings. The predicted molar refractivity (Wildman–Crippen MR) is 85.5 cm³/mol. The summed E-state index contributed by atoms with van der Waals surface area (Å²) in [6, 6.07) is 14.0. The molecule has 2 aromatic carbocycles. The first-order valence-electron chi connectivity index (χ1n) is 6.83. The second-order valence-corrected chi connectivity index (χ2v) is 4.56. The molecule has 0 spiro atoms. The number of aromatic hydroxyl groups is 2. The first-order valence-corrected chi connectivity index (χ1v) is 6.83. The highest BCUT2D eigenvalue weighted by Crippen LogP contribution is 2.15. The lowest BCUT2D eigenvalue weighted by Gasteiger charge is -2.04. The molecule has 0 aromatic heterocycles. The fraction of sp³-hybridized carbons (Fsp3) is 0.176. The summed E-state index contributed by atoms with van der Waals surface area (Å²) in [7, 11) is 0. The van der Waals surface area contributed by atoms with Crippen LogP contribution in [0.2, 0.25) is 0 Å². The van der Waals surface area contributed by atoms with Crippen molar-refractivity contribution in [2.45, 2.75) is 19.5 Å². The predicted octanol–water partition coefficient (Wildman–Crippen LogP) is 3.37. The van der Waals surface area contributed by atoms with Crippen LogP contribution < -0.4 is 0 Å². The Balaban J connectivity index is 2.11.